The minimum atomic E-state index is -3.40. The van der Waals surface area contributed by atoms with E-state index in [0.29, 0.717) is 23.7 Å². The number of carboxylic acids is 1. The molecule has 1 rings (SSSR count). The van der Waals surface area contributed by atoms with Crippen LogP contribution in [0.5, 0.6) is 0 Å². The van der Waals surface area contributed by atoms with E-state index in [1.54, 1.807) is 19.9 Å². The van der Waals surface area contributed by atoms with Crippen molar-refractivity contribution in [3.8, 4) is 0 Å². The Balaban J connectivity index is 3.35. The van der Waals surface area contributed by atoms with Gasteiger partial charge in [-0.3, -0.25) is 9.36 Å². The van der Waals surface area contributed by atoms with Gasteiger partial charge >= 0.3 is 13.6 Å². The normalized spacial score (nSPS) is 20.6. The summed E-state index contributed by atoms with van der Waals surface area (Å²) >= 11 is 0. The molecule has 102 valence electrons. The molecule has 1 N–H and O–H groups in total. The topological polar surface area (TPSA) is 72.8 Å². The van der Waals surface area contributed by atoms with E-state index in [1.807, 2.05) is 0 Å². The van der Waals surface area contributed by atoms with Crippen LogP contribution in [-0.4, -0.2) is 25.3 Å². The van der Waals surface area contributed by atoms with Crippen molar-refractivity contribution in [1.29, 1.82) is 0 Å². The van der Waals surface area contributed by atoms with Gasteiger partial charge in [-0.1, -0.05) is 11.6 Å². The number of hydrogen-bond acceptors (Lipinski definition) is 4. The van der Waals surface area contributed by atoms with Gasteiger partial charge in [-0.25, -0.2) is 0 Å². The smallest absolute Gasteiger partial charge is 0.360 e. The van der Waals surface area contributed by atoms with Crippen molar-refractivity contribution in [3.05, 3.63) is 22.5 Å². The zero-order chi connectivity index (χ0) is 13.9. The highest BCUT2D eigenvalue weighted by molar-refractivity contribution is 7.58. The number of rotatable bonds is 4. The maximum atomic E-state index is 12.4. The first-order valence-electron chi connectivity index (χ1n) is 5.70. The number of aliphatic carboxylic acids is 1. The lowest BCUT2D eigenvalue weighted by Gasteiger charge is -2.28. The van der Waals surface area contributed by atoms with Gasteiger partial charge in [0.1, 0.15) is 0 Å². The van der Waals surface area contributed by atoms with Gasteiger partial charge in [-0.2, -0.15) is 0 Å². The summed E-state index contributed by atoms with van der Waals surface area (Å²) in [5.74, 6) is -1.55. The summed E-state index contributed by atoms with van der Waals surface area (Å²) < 4.78 is 22.4. The molecular formula is C12H19O5P. The molecule has 0 aromatic heterocycles. The molecule has 1 aliphatic rings. The Labute approximate surface area is 107 Å². The minimum absolute atomic E-state index is 0.395. The first-order chi connectivity index (χ1) is 8.37. The highest BCUT2D eigenvalue weighted by Crippen LogP contribution is 2.60. The van der Waals surface area contributed by atoms with Crippen LogP contribution in [0, 0.1) is 5.92 Å². The quantitative estimate of drug-likeness (QED) is 0.797. The van der Waals surface area contributed by atoms with Crippen molar-refractivity contribution in [2.75, 3.05) is 14.2 Å². The lowest BCUT2D eigenvalue weighted by atomic mass is 9.86. The highest BCUT2D eigenvalue weighted by atomic mass is 31.2. The summed E-state index contributed by atoms with van der Waals surface area (Å²) in [6.07, 6.45) is 2.82. The van der Waals surface area contributed by atoms with Crippen molar-refractivity contribution in [2.45, 2.75) is 26.7 Å². The fourth-order valence-electron chi connectivity index (χ4n) is 2.20. The largest absolute Gasteiger partial charge is 0.481 e. The molecule has 0 radical (unpaired) electrons. The fourth-order valence-corrected chi connectivity index (χ4v) is 3.77. The second kappa shape index (κ2) is 5.83. The van der Waals surface area contributed by atoms with Crippen LogP contribution >= 0.6 is 7.60 Å². The second-order valence-electron chi connectivity index (χ2n) is 4.33. The maximum absolute atomic E-state index is 12.4. The van der Waals surface area contributed by atoms with E-state index in [-0.39, 0.29) is 0 Å². The van der Waals surface area contributed by atoms with Gasteiger partial charge in [0.15, 0.2) is 0 Å². The van der Waals surface area contributed by atoms with Gasteiger partial charge in [0.05, 0.1) is 11.2 Å². The van der Waals surface area contributed by atoms with E-state index in [9.17, 15) is 14.5 Å². The molecule has 0 aromatic rings. The molecular weight excluding hydrogens is 255 g/mol. The third kappa shape index (κ3) is 2.74. The van der Waals surface area contributed by atoms with Crippen LogP contribution in [0.1, 0.15) is 26.7 Å². The Hall–Kier alpha value is -0.900. The van der Waals surface area contributed by atoms with Gasteiger partial charge in [-0.05, 0) is 32.3 Å². The van der Waals surface area contributed by atoms with Crippen LogP contribution in [-0.2, 0) is 18.4 Å². The molecule has 0 heterocycles. The number of allylic oxidation sites excluding steroid dienone is 3. The van der Waals surface area contributed by atoms with Gasteiger partial charge < -0.3 is 14.2 Å². The summed E-state index contributed by atoms with van der Waals surface area (Å²) in [6, 6.07) is 0. The summed E-state index contributed by atoms with van der Waals surface area (Å²) in [5, 5.41) is 9.65. The summed E-state index contributed by atoms with van der Waals surface area (Å²) in [7, 11) is -0.796. The molecule has 0 fully saturated rings. The highest BCUT2D eigenvalue weighted by Gasteiger charge is 2.38. The van der Waals surface area contributed by atoms with E-state index >= 15 is 0 Å². The van der Waals surface area contributed by atoms with E-state index in [0.717, 1.165) is 5.57 Å². The van der Waals surface area contributed by atoms with Crippen molar-refractivity contribution in [2.24, 2.45) is 5.92 Å². The zero-order valence-electron chi connectivity index (χ0n) is 11.1. The fraction of sp³-hybridized carbons (Fsp3) is 0.583. The van der Waals surface area contributed by atoms with E-state index in [1.165, 1.54) is 14.2 Å². The van der Waals surface area contributed by atoms with E-state index < -0.39 is 19.5 Å². The maximum Gasteiger partial charge on any atom is 0.360 e. The molecule has 18 heavy (non-hydrogen) atoms. The molecule has 0 bridgehead atoms. The van der Waals surface area contributed by atoms with Crippen molar-refractivity contribution >= 4 is 13.6 Å². The Morgan fingerprint density at radius 2 is 1.94 bits per heavy atom. The van der Waals surface area contributed by atoms with Crippen LogP contribution in [0.25, 0.3) is 0 Å². The number of carbonyl (C=O) groups is 1. The predicted octanol–water partition coefficient (Wildman–Crippen LogP) is 3.19. The van der Waals surface area contributed by atoms with E-state index in [2.05, 4.69) is 0 Å². The van der Waals surface area contributed by atoms with Crippen LogP contribution in [0.4, 0.5) is 0 Å². The molecule has 0 saturated carbocycles. The lowest BCUT2D eigenvalue weighted by Crippen LogP contribution is -2.21. The minimum Gasteiger partial charge on any atom is -0.481 e. The Kier molecular flexibility index (Phi) is 4.91. The Bertz CT molecular complexity index is 437. The summed E-state index contributed by atoms with van der Waals surface area (Å²) in [5.41, 5.74) is 1.39. The zero-order valence-corrected chi connectivity index (χ0v) is 12.0. The second-order valence-corrected chi connectivity index (χ2v) is 6.54. The van der Waals surface area contributed by atoms with Gasteiger partial charge in [-0.15, -0.1) is 0 Å². The standard InChI is InChI=1S/C12H19O5P/c1-8(2)11-9(12(13)14)6-5-7-10(11)18(15,16-3)17-4/h7,9H,5-6H2,1-4H3,(H,13,14). The van der Waals surface area contributed by atoms with Crippen LogP contribution < -0.4 is 0 Å². The molecule has 0 saturated heterocycles. The molecule has 0 amide bonds. The Morgan fingerprint density at radius 3 is 2.33 bits per heavy atom. The average Bonchev–Trinajstić information content (AvgIpc) is 2.36. The molecule has 1 aliphatic carbocycles. The van der Waals surface area contributed by atoms with Crippen molar-refractivity contribution in [1.82, 2.24) is 0 Å². The predicted molar refractivity (Wildman–Crippen MR) is 68.4 cm³/mol. The average molecular weight is 274 g/mol. The van der Waals surface area contributed by atoms with Gasteiger partial charge in [0.2, 0.25) is 0 Å². The molecule has 0 aliphatic heterocycles. The summed E-state index contributed by atoms with van der Waals surface area (Å²) in [4.78, 5) is 11.3. The van der Waals surface area contributed by atoms with Crippen molar-refractivity contribution in [3.63, 3.8) is 0 Å². The first kappa shape index (κ1) is 15.2. The van der Waals surface area contributed by atoms with Crippen LogP contribution in [0.3, 0.4) is 0 Å². The van der Waals surface area contributed by atoms with Crippen LogP contribution in [0.15, 0.2) is 22.5 Å². The van der Waals surface area contributed by atoms with Crippen LogP contribution in [0.2, 0.25) is 0 Å². The molecule has 5 nitrogen and oxygen atoms in total. The summed E-state index contributed by atoms with van der Waals surface area (Å²) in [6.45, 7) is 3.61. The van der Waals surface area contributed by atoms with Gasteiger partial charge in [0, 0.05) is 14.2 Å². The molecule has 1 atom stereocenters. The first-order valence-corrected chi connectivity index (χ1v) is 7.24. The third-order valence-corrected chi connectivity index (χ3v) is 5.00. The molecule has 0 spiro atoms. The molecule has 0 aromatic carbocycles. The monoisotopic (exact) mass is 274 g/mol. The molecule has 1 unspecified atom stereocenters. The number of hydrogen-bond donors (Lipinski definition) is 1. The van der Waals surface area contributed by atoms with Crippen molar-refractivity contribution < 1.29 is 23.5 Å². The SMILES string of the molecule is COP(=O)(OC)C1=CCCC(C(=O)O)C1=C(C)C. The molecule has 6 heteroatoms. The van der Waals surface area contributed by atoms with E-state index in [4.69, 9.17) is 9.05 Å². The van der Waals surface area contributed by atoms with Gasteiger partial charge in [0.25, 0.3) is 0 Å². The number of carboxylic acid groups (broad SMARTS) is 1. The third-order valence-electron chi connectivity index (χ3n) is 3.03. The Morgan fingerprint density at radius 1 is 1.39 bits per heavy atom. The lowest BCUT2D eigenvalue weighted by molar-refractivity contribution is -0.140.